The third-order valence-electron chi connectivity index (χ3n) is 6.71. The summed E-state index contributed by atoms with van der Waals surface area (Å²) in [6.07, 6.45) is 5.07. The van der Waals surface area contributed by atoms with Crippen LogP contribution in [0.1, 0.15) is 69.4 Å². The lowest BCUT2D eigenvalue weighted by Crippen LogP contribution is -2.60. The summed E-state index contributed by atoms with van der Waals surface area (Å²) in [5, 5.41) is 19.0. The Hall–Kier alpha value is -2.12. The number of nitrogens with zero attached hydrogens (tertiary/aromatic N) is 3. The molecule has 3 heterocycles. The fourth-order valence-electron chi connectivity index (χ4n) is 4.90. The first-order valence-electron chi connectivity index (χ1n) is 11.4. The minimum Gasteiger partial charge on any atom is -0.506 e. The lowest BCUT2D eigenvalue weighted by Gasteiger charge is -2.48. The van der Waals surface area contributed by atoms with Gasteiger partial charge in [0.25, 0.3) is 5.91 Å². The van der Waals surface area contributed by atoms with E-state index in [2.05, 4.69) is 29.2 Å². The van der Waals surface area contributed by atoms with Gasteiger partial charge in [-0.05, 0) is 45.2 Å². The molecule has 0 saturated carbocycles. The van der Waals surface area contributed by atoms with E-state index in [9.17, 15) is 9.90 Å². The minimum absolute atomic E-state index is 0.0978. The number of fused-ring (bicyclic) bond motifs is 3. The van der Waals surface area contributed by atoms with Gasteiger partial charge >= 0.3 is 0 Å². The van der Waals surface area contributed by atoms with Crippen LogP contribution in [0.2, 0.25) is 0 Å². The summed E-state index contributed by atoms with van der Waals surface area (Å²) in [6, 6.07) is 6.24. The number of unbranched alkanes of at least 4 members (excludes halogenated alkanes) is 1. The molecule has 1 aromatic carbocycles. The maximum absolute atomic E-state index is 13.2. The number of morpholine rings is 1. The third kappa shape index (κ3) is 3.93. The number of phenols is 1. The fourth-order valence-corrected chi connectivity index (χ4v) is 4.90. The zero-order valence-corrected chi connectivity index (χ0v) is 18.3. The smallest absolute Gasteiger partial charge is 0.272 e. The number of ether oxygens (including phenoxy) is 1. The first-order chi connectivity index (χ1) is 14.5. The Morgan fingerprint density at radius 3 is 2.70 bits per heavy atom. The van der Waals surface area contributed by atoms with Crippen molar-refractivity contribution in [2.45, 2.75) is 77.0 Å². The highest BCUT2D eigenvalue weighted by Crippen LogP contribution is 2.31. The van der Waals surface area contributed by atoms with Crippen LogP contribution in [0.4, 0.5) is 0 Å². The second kappa shape index (κ2) is 8.94. The quantitative estimate of drug-likeness (QED) is 0.725. The maximum Gasteiger partial charge on any atom is 0.272 e. The van der Waals surface area contributed by atoms with Gasteiger partial charge in [0.1, 0.15) is 11.3 Å². The standard InChI is InChI=1S/C23H34N4O3/c1-4-6-10-26-17-11-16(12-18(26)14-30-13-17)24-23(29)21-19-8-7-9-20(28)22(19)27(25-21)15(3)5-2/h7-9,15-18,28H,4-6,10-14H2,1-3H3,(H,24,29)/t15-,16?,17?,18?/m0/s1. The highest BCUT2D eigenvalue weighted by atomic mass is 16.5. The molecular weight excluding hydrogens is 380 g/mol. The van der Waals surface area contributed by atoms with Gasteiger partial charge in [-0.1, -0.05) is 32.4 Å². The van der Waals surface area contributed by atoms with Crippen molar-refractivity contribution in [3.8, 4) is 5.75 Å². The van der Waals surface area contributed by atoms with Crippen molar-refractivity contribution in [1.29, 1.82) is 0 Å². The molecule has 2 N–H and O–H groups in total. The Kier molecular flexibility index (Phi) is 6.29. The molecule has 2 unspecified atom stereocenters. The van der Waals surface area contributed by atoms with E-state index in [1.807, 2.05) is 13.0 Å². The number of carbonyl (C=O) groups is 1. The van der Waals surface area contributed by atoms with Crippen molar-refractivity contribution in [1.82, 2.24) is 20.0 Å². The molecule has 2 saturated heterocycles. The van der Waals surface area contributed by atoms with Gasteiger partial charge in [-0.3, -0.25) is 14.4 Å². The Morgan fingerprint density at radius 1 is 1.30 bits per heavy atom. The normalized spacial score (nSPS) is 25.4. The van der Waals surface area contributed by atoms with Gasteiger partial charge in [0.05, 0.1) is 13.2 Å². The SMILES string of the molecule is CCCCN1C2COCC1CC(NC(=O)c1nn([C@@H](C)CC)c3c(O)cccc13)C2. The molecule has 7 heteroatoms. The highest BCUT2D eigenvalue weighted by molar-refractivity contribution is 6.06. The second-order valence-electron chi connectivity index (χ2n) is 8.80. The van der Waals surface area contributed by atoms with Crippen LogP contribution in [-0.4, -0.2) is 63.6 Å². The molecule has 1 amide bonds. The van der Waals surface area contributed by atoms with E-state index < -0.39 is 0 Å². The van der Waals surface area contributed by atoms with Crippen LogP contribution in [0.5, 0.6) is 5.75 Å². The molecule has 0 aliphatic carbocycles. The van der Waals surface area contributed by atoms with Crippen molar-refractivity contribution >= 4 is 16.8 Å². The molecule has 7 nitrogen and oxygen atoms in total. The zero-order chi connectivity index (χ0) is 21.3. The summed E-state index contributed by atoms with van der Waals surface area (Å²) in [5.74, 6) is 0.00826. The number of hydrogen-bond donors (Lipinski definition) is 2. The highest BCUT2D eigenvalue weighted by Gasteiger charge is 2.39. The van der Waals surface area contributed by atoms with Crippen molar-refractivity contribution in [3.05, 3.63) is 23.9 Å². The minimum atomic E-state index is -0.154. The van der Waals surface area contributed by atoms with Crippen molar-refractivity contribution in [2.75, 3.05) is 19.8 Å². The Bertz CT molecular complexity index is 882. The first kappa shape index (κ1) is 21.1. The van der Waals surface area contributed by atoms with E-state index in [1.54, 1.807) is 16.8 Å². The topological polar surface area (TPSA) is 79.6 Å². The predicted octanol–water partition coefficient (Wildman–Crippen LogP) is 3.47. The number of rotatable bonds is 7. The van der Waals surface area contributed by atoms with Crippen molar-refractivity contribution in [3.63, 3.8) is 0 Å². The van der Waals surface area contributed by atoms with E-state index in [-0.39, 0.29) is 23.7 Å². The van der Waals surface area contributed by atoms with Crippen molar-refractivity contribution in [2.24, 2.45) is 0 Å². The van der Waals surface area contributed by atoms with E-state index in [0.717, 1.165) is 39.0 Å². The molecule has 2 aliphatic heterocycles. The van der Waals surface area contributed by atoms with E-state index in [1.165, 1.54) is 12.8 Å². The maximum atomic E-state index is 13.2. The van der Waals surface area contributed by atoms with Gasteiger partial charge in [-0.15, -0.1) is 0 Å². The molecule has 0 radical (unpaired) electrons. The van der Waals surface area contributed by atoms with Gasteiger partial charge in [0, 0.05) is 29.6 Å². The molecule has 1 aromatic heterocycles. The Morgan fingerprint density at radius 2 is 2.03 bits per heavy atom. The molecule has 2 bridgehead atoms. The molecule has 2 aromatic rings. The number of aromatic nitrogens is 2. The Labute approximate surface area is 178 Å². The Balaban J connectivity index is 1.54. The van der Waals surface area contributed by atoms with E-state index in [0.29, 0.717) is 28.7 Å². The summed E-state index contributed by atoms with van der Waals surface area (Å²) in [4.78, 5) is 15.8. The van der Waals surface area contributed by atoms with Crippen LogP contribution in [0, 0.1) is 0 Å². The van der Waals surface area contributed by atoms with Crippen LogP contribution in [0.3, 0.4) is 0 Å². The average molecular weight is 415 g/mol. The third-order valence-corrected chi connectivity index (χ3v) is 6.71. The monoisotopic (exact) mass is 414 g/mol. The van der Waals surface area contributed by atoms with E-state index in [4.69, 9.17) is 4.74 Å². The number of piperidine rings is 1. The number of amides is 1. The van der Waals surface area contributed by atoms with Gasteiger partial charge < -0.3 is 15.2 Å². The van der Waals surface area contributed by atoms with Crippen LogP contribution in [0.25, 0.3) is 10.9 Å². The first-order valence-corrected chi connectivity index (χ1v) is 11.4. The summed E-state index contributed by atoms with van der Waals surface area (Å²) in [5.41, 5.74) is 1.03. The van der Waals surface area contributed by atoms with Gasteiger partial charge in [-0.2, -0.15) is 5.10 Å². The summed E-state index contributed by atoms with van der Waals surface area (Å²) >= 11 is 0. The summed E-state index contributed by atoms with van der Waals surface area (Å²) in [7, 11) is 0. The lowest BCUT2D eigenvalue weighted by atomic mass is 9.89. The molecule has 4 rings (SSSR count). The van der Waals surface area contributed by atoms with Crippen molar-refractivity contribution < 1.29 is 14.6 Å². The van der Waals surface area contributed by atoms with Crippen LogP contribution in [-0.2, 0) is 4.74 Å². The summed E-state index contributed by atoms with van der Waals surface area (Å²) < 4.78 is 7.59. The van der Waals surface area contributed by atoms with E-state index >= 15 is 0 Å². The number of benzene rings is 1. The number of carbonyl (C=O) groups excluding carboxylic acids is 1. The average Bonchev–Trinajstić information content (AvgIpc) is 3.13. The molecule has 30 heavy (non-hydrogen) atoms. The molecule has 0 spiro atoms. The molecule has 2 aliphatic rings. The molecule has 3 atom stereocenters. The number of para-hydroxylation sites is 1. The number of hydrogen-bond acceptors (Lipinski definition) is 5. The molecule has 164 valence electrons. The number of phenolic OH excluding ortho intramolecular Hbond substituents is 1. The van der Waals surface area contributed by atoms with Crippen LogP contribution >= 0.6 is 0 Å². The fraction of sp³-hybridized carbons (Fsp3) is 0.652. The second-order valence-corrected chi connectivity index (χ2v) is 8.80. The number of nitrogens with one attached hydrogen (secondary N) is 1. The number of aromatic hydroxyl groups is 1. The van der Waals surface area contributed by atoms with Gasteiger partial charge in [0.2, 0.25) is 0 Å². The van der Waals surface area contributed by atoms with Crippen LogP contribution in [0.15, 0.2) is 18.2 Å². The summed E-state index contributed by atoms with van der Waals surface area (Å²) in [6.45, 7) is 8.94. The molecular formula is C23H34N4O3. The van der Waals surface area contributed by atoms with Crippen LogP contribution < -0.4 is 5.32 Å². The van der Waals surface area contributed by atoms with Gasteiger partial charge in [0.15, 0.2) is 5.69 Å². The predicted molar refractivity (Wildman–Crippen MR) is 117 cm³/mol. The zero-order valence-electron chi connectivity index (χ0n) is 18.3. The largest absolute Gasteiger partial charge is 0.506 e. The van der Waals surface area contributed by atoms with Gasteiger partial charge in [-0.25, -0.2) is 0 Å². The lowest BCUT2D eigenvalue weighted by molar-refractivity contribution is -0.0802. The molecule has 2 fully saturated rings.